The van der Waals surface area contributed by atoms with Gasteiger partial charge in [0.2, 0.25) is 5.12 Å². The van der Waals surface area contributed by atoms with Gasteiger partial charge in [-0.05, 0) is 42.8 Å². The van der Waals surface area contributed by atoms with Crippen molar-refractivity contribution in [2.75, 3.05) is 18.4 Å². The zero-order chi connectivity index (χ0) is 14.1. The number of rotatable bonds is 3. The molecule has 3 N–H and O–H groups in total. The summed E-state index contributed by atoms with van der Waals surface area (Å²) in [6.45, 7) is 1.98. The molecule has 1 atom stereocenters. The number of carbonyl (C=O) groups excluding carboxylic acids is 1. The minimum atomic E-state index is -0.588. The monoisotopic (exact) mass is 309 g/mol. The summed E-state index contributed by atoms with van der Waals surface area (Å²) in [7, 11) is 0. The van der Waals surface area contributed by atoms with E-state index in [9.17, 15) is 4.79 Å². The molecule has 2 aliphatic rings. The van der Waals surface area contributed by atoms with Crippen molar-refractivity contribution in [1.82, 2.24) is 4.90 Å². The summed E-state index contributed by atoms with van der Waals surface area (Å²) in [4.78, 5) is 14.2. The van der Waals surface area contributed by atoms with Gasteiger partial charge in [-0.1, -0.05) is 17.7 Å². The van der Waals surface area contributed by atoms with Crippen molar-refractivity contribution < 1.29 is 4.79 Å². The van der Waals surface area contributed by atoms with Crippen molar-refractivity contribution in [2.45, 2.75) is 18.9 Å². The number of benzene rings is 1. The van der Waals surface area contributed by atoms with Crippen molar-refractivity contribution in [2.24, 2.45) is 5.73 Å². The Labute approximate surface area is 127 Å². The zero-order valence-electron chi connectivity index (χ0n) is 10.9. The lowest BCUT2D eigenvalue weighted by atomic mass is 10.2. The smallest absolute Gasteiger partial charge is 0.217 e. The van der Waals surface area contributed by atoms with Crippen molar-refractivity contribution in [3.05, 3.63) is 40.0 Å². The molecule has 1 unspecified atom stereocenters. The van der Waals surface area contributed by atoms with E-state index in [0.29, 0.717) is 5.02 Å². The summed E-state index contributed by atoms with van der Waals surface area (Å²) >= 11 is 7.24. The topological polar surface area (TPSA) is 58.4 Å². The lowest BCUT2D eigenvalue weighted by Crippen LogP contribution is -2.31. The Hall–Kier alpha value is -1.17. The van der Waals surface area contributed by atoms with Gasteiger partial charge in [-0.15, -0.1) is 0 Å². The highest BCUT2D eigenvalue weighted by Crippen LogP contribution is 2.37. The Bertz CT molecular complexity index is 569. The second kappa shape index (κ2) is 5.68. The first-order valence-corrected chi connectivity index (χ1v) is 7.83. The van der Waals surface area contributed by atoms with E-state index in [1.807, 2.05) is 24.3 Å². The van der Waals surface area contributed by atoms with Crippen LogP contribution in [0.1, 0.15) is 12.8 Å². The SMILES string of the molecule is NC1C(=O)SC(N2CCCC2)=C1Nc1cccc(Cl)c1. The molecule has 0 spiro atoms. The fraction of sp³-hybridized carbons (Fsp3) is 0.357. The number of hydrogen-bond donors (Lipinski definition) is 2. The van der Waals surface area contributed by atoms with Gasteiger partial charge < -0.3 is 16.0 Å². The number of anilines is 1. The van der Waals surface area contributed by atoms with Gasteiger partial charge in [-0.2, -0.15) is 0 Å². The molecule has 4 nitrogen and oxygen atoms in total. The molecule has 0 saturated carbocycles. The van der Waals surface area contributed by atoms with Crippen LogP contribution in [-0.4, -0.2) is 29.1 Å². The maximum Gasteiger partial charge on any atom is 0.217 e. The molecule has 0 aliphatic carbocycles. The van der Waals surface area contributed by atoms with Crippen LogP contribution in [0.4, 0.5) is 5.69 Å². The van der Waals surface area contributed by atoms with Crippen LogP contribution in [0.2, 0.25) is 5.02 Å². The first-order valence-electron chi connectivity index (χ1n) is 6.64. The second-order valence-electron chi connectivity index (χ2n) is 4.95. The summed E-state index contributed by atoms with van der Waals surface area (Å²) in [6.07, 6.45) is 2.33. The van der Waals surface area contributed by atoms with Crippen LogP contribution in [-0.2, 0) is 4.79 Å². The molecule has 3 rings (SSSR count). The van der Waals surface area contributed by atoms with Crippen molar-refractivity contribution >= 4 is 34.2 Å². The molecule has 0 amide bonds. The number of hydrogen-bond acceptors (Lipinski definition) is 5. The minimum absolute atomic E-state index is 0.00331. The largest absolute Gasteiger partial charge is 0.365 e. The number of carbonyl (C=O) groups is 1. The fourth-order valence-electron chi connectivity index (χ4n) is 2.47. The van der Waals surface area contributed by atoms with Gasteiger partial charge in [-0.3, -0.25) is 4.79 Å². The molecule has 0 radical (unpaired) electrons. The third-order valence-electron chi connectivity index (χ3n) is 3.49. The Morgan fingerprint density at radius 1 is 1.35 bits per heavy atom. The maximum atomic E-state index is 11.9. The van der Waals surface area contributed by atoms with Crippen LogP contribution in [0.15, 0.2) is 35.0 Å². The third kappa shape index (κ3) is 2.66. The summed E-state index contributed by atoms with van der Waals surface area (Å²) in [5.74, 6) is 0. The van der Waals surface area contributed by atoms with Gasteiger partial charge in [0.05, 0.1) is 5.70 Å². The number of halogens is 1. The maximum absolute atomic E-state index is 11.9. The molecule has 1 fully saturated rings. The average Bonchev–Trinajstić information content (AvgIpc) is 3.03. The molecule has 2 heterocycles. The number of thioether (sulfide) groups is 1. The zero-order valence-corrected chi connectivity index (χ0v) is 12.5. The number of nitrogens with two attached hydrogens (primary N) is 1. The standard InChI is InChI=1S/C14H16ClN3OS/c15-9-4-3-5-10(8-9)17-12-11(16)14(19)20-13(12)18-6-1-2-7-18/h3-5,8,11,17H,1-2,6-7,16H2. The van der Waals surface area contributed by atoms with E-state index in [4.69, 9.17) is 17.3 Å². The molecule has 0 bridgehead atoms. The molecule has 2 aliphatic heterocycles. The van der Waals surface area contributed by atoms with Crippen LogP contribution < -0.4 is 11.1 Å². The molecule has 1 saturated heterocycles. The first-order chi connectivity index (χ1) is 9.65. The molecule has 6 heteroatoms. The number of likely N-dealkylation sites (tertiary alicyclic amines) is 1. The predicted molar refractivity (Wildman–Crippen MR) is 83.5 cm³/mol. The lowest BCUT2D eigenvalue weighted by Gasteiger charge is -2.20. The van der Waals surface area contributed by atoms with Crippen LogP contribution >= 0.6 is 23.4 Å². The van der Waals surface area contributed by atoms with Gasteiger partial charge in [0, 0.05) is 23.8 Å². The van der Waals surface area contributed by atoms with Crippen molar-refractivity contribution in [3.8, 4) is 0 Å². The molecule has 0 aromatic heterocycles. The third-order valence-corrected chi connectivity index (χ3v) is 4.85. The quantitative estimate of drug-likeness (QED) is 0.899. The van der Waals surface area contributed by atoms with Gasteiger partial charge in [0.1, 0.15) is 11.1 Å². The van der Waals surface area contributed by atoms with E-state index in [0.717, 1.165) is 42.3 Å². The van der Waals surface area contributed by atoms with Crippen LogP contribution in [0, 0.1) is 0 Å². The van der Waals surface area contributed by atoms with Crippen LogP contribution in [0.25, 0.3) is 0 Å². The highest BCUT2D eigenvalue weighted by molar-refractivity contribution is 8.17. The number of nitrogens with one attached hydrogen (secondary N) is 1. The second-order valence-corrected chi connectivity index (χ2v) is 6.38. The van der Waals surface area contributed by atoms with Gasteiger partial charge in [0.15, 0.2) is 0 Å². The van der Waals surface area contributed by atoms with E-state index >= 15 is 0 Å². The lowest BCUT2D eigenvalue weighted by molar-refractivity contribution is -0.111. The fourth-order valence-corrected chi connectivity index (χ4v) is 3.70. The van der Waals surface area contributed by atoms with Gasteiger partial charge in [0.25, 0.3) is 0 Å². The summed E-state index contributed by atoms with van der Waals surface area (Å²) in [6, 6.07) is 6.85. The highest BCUT2D eigenvalue weighted by Gasteiger charge is 2.35. The van der Waals surface area contributed by atoms with E-state index < -0.39 is 6.04 Å². The summed E-state index contributed by atoms with van der Waals surface area (Å²) < 4.78 is 0. The summed E-state index contributed by atoms with van der Waals surface area (Å²) in [5, 5.41) is 4.90. The molecule has 1 aromatic carbocycles. The van der Waals surface area contributed by atoms with Crippen molar-refractivity contribution in [1.29, 1.82) is 0 Å². The van der Waals surface area contributed by atoms with E-state index in [1.54, 1.807) is 0 Å². The molecular formula is C14H16ClN3OS. The molecular weight excluding hydrogens is 294 g/mol. The van der Waals surface area contributed by atoms with E-state index in [1.165, 1.54) is 11.8 Å². The summed E-state index contributed by atoms with van der Waals surface area (Å²) in [5.41, 5.74) is 7.67. The van der Waals surface area contributed by atoms with Gasteiger partial charge in [-0.25, -0.2) is 0 Å². The number of nitrogens with zero attached hydrogens (tertiary/aromatic N) is 1. The average molecular weight is 310 g/mol. The van der Waals surface area contributed by atoms with E-state index in [2.05, 4.69) is 10.2 Å². The Morgan fingerprint density at radius 3 is 2.80 bits per heavy atom. The Kier molecular flexibility index (Phi) is 3.92. The van der Waals surface area contributed by atoms with Crippen LogP contribution in [0.5, 0.6) is 0 Å². The predicted octanol–water partition coefficient (Wildman–Crippen LogP) is 2.62. The van der Waals surface area contributed by atoms with Crippen molar-refractivity contribution in [3.63, 3.8) is 0 Å². The molecule has 1 aromatic rings. The van der Waals surface area contributed by atoms with Crippen LogP contribution in [0.3, 0.4) is 0 Å². The Balaban J connectivity index is 1.89. The molecule has 20 heavy (non-hydrogen) atoms. The van der Waals surface area contributed by atoms with E-state index in [-0.39, 0.29) is 5.12 Å². The minimum Gasteiger partial charge on any atom is -0.365 e. The van der Waals surface area contributed by atoms with Gasteiger partial charge >= 0.3 is 0 Å². The normalized spacial score (nSPS) is 22.8. The molecule has 106 valence electrons. The Morgan fingerprint density at radius 2 is 2.10 bits per heavy atom. The first kappa shape index (κ1) is 13.8. The highest BCUT2D eigenvalue weighted by atomic mass is 35.5.